The highest BCUT2D eigenvalue weighted by Gasteiger charge is 2.64. The molecule has 4 N–H and O–H groups in total. The number of amides is 2. The molecular formula is C17H23N3O7. The average molecular weight is 381 g/mol. The summed E-state index contributed by atoms with van der Waals surface area (Å²) in [5.41, 5.74) is 6.03. The molecule has 0 spiro atoms. The maximum absolute atomic E-state index is 12.8. The van der Waals surface area contributed by atoms with Crippen LogP contribution in [-0.4, -0.2) is 77.3 Å². The third-order valence-corrected chi connectivity index (χ3v) is 6.83. The van der Waals surface area contributed by atoms with Crippen molar-refractivity contribution in [1.29, 1.82) is 0 Å². The molecule has 6 heterocycles. The summed E-state index contributed by atoms with van der Waals surface area (Å²) in [6, 6.07) is -0.185. The molecule has 10 nitrogen and oxygen atoms in total. The summed E-state index contributed by atoms with van der Waals surface area (Å²) in [7, 11) is 0. The maximum Gasteiger partial charge on any atom is 0.377 e. The number of carbonyl (C=O) groups is 2. The summed E-state index contributed by atoms with van der Waals surface area (Å²) in [6.45, 7) is -0.292. The molecule has 6 unspecified atom stereocenters. The van der Waals surface area contributed by atoms with Crippen LogP contribution in [0.1, 0.15) is 25.7 Å². The Labute approximate surface area is 155 Å². The van der Waals surface area contributed by atoms with Gasteiger partial charge < -0.3 is 34.7 Å². The van der Waals surface area contributed by atoms with E-state index < -0.39 is 24.2 Å². The first-order chi connectivity index (χ1) is 12.9. The van der Waals surface area contributed by atoms with E-state index in [1.807, 2.05) is 0 Å². The lowest BCUT2D eigenvalue weighted by Crippen LogP contribution is -2.69. The predicted octanol–water partition coefficient (Wildman–Crippen LogP) is -2.03. The van der Waals surface area contributed by atoms with Crippen LogP contribution in [0.25, 0.3) is 0 Å². The van der Waals surface area contributed by atoms with Crippen molar-refractivity contribution in [3.8, 4) is 0 Å². The molecule has 0 aromatic heterocycles. The zero-order valence-corrected chi connectivity index (χ0v) is 14.7. The number of aliphatic hydroxyl groups is 1. The fourth-order valence-electron chi connectivity index (χ4n) is 5.85. The Kier molecular flexibility index (Phi) is 3.33. The van der Waals surface area contributed by atoms with Gasteiger partial charge in [-0.05, 0) is 6.42 Å². The Hall–Kier alpha value is -1.30. The van der Waals surface area contributed by atoms with E-state index >= 15 is 0 Å². The summed E-state index contributed by atoms with van der Waals surface area (Å²) < 4.78 is 23.0. The standard InChI is InChI=1S/C17H23N3O7/c18-9-4-10-12-13(14(9)24-10)16(23)20(15(12)22)5-11(21)19-17-25-6-1-7(26-17)3-8(2-6)27-17/h6-10,12-14,16,23H,1-5,18H2,(H,19,21). The lowest BCUT2D eigenvalue weighted by molar-refractivity contribution is -0.501. The van der Waals surface area contributed by atoms with Gasteiger partial charge in [-0.15, -0.1) is 0 Å². The minimum atomic E-state index is -1.57. The van der Waals surface area contributed by atoms with Crippen molar-refractivity contribution in [1.82, 2.24) is 10.2 Å². The molecule has 6 bridgehead atoms. The summed E-state index contributed by atoms with van der Waals surface area (Å²) in [4.78, 5) is 26.6. The molecule has 148 valence electrons. The predicted molar refractivity (Wildman–Crippen MR) is 85.3 cm³/mol. The molecule has 10 heteroatoms. The topological polar surface area (TPSA) is 133 Å². The number of nitrogens with one attached hydrogen (secondary N) is 1. The monoisotopic (exact) mass is 381 g/mol. The minimum absolute atomic E-state index is 0.00387. The van der Waals surface area contributed by atoms with Gasteiger partial charge in [-0.1, -0.05) is 0 Å². The highest BCUT2D eigenvalue weighted by Crippen LogP contribution is 2.49. The first-order valence-electron chi connectivity index (χ1n) is 9.66. The van der Waals surface area contributed by atoms with Crippen LogP contribution in [-0.2, 0) is 28.5 Å². The summed E-state index contributed by atoms with van der Waals surface area (Å²) in [5.74, 6) is -1.58. The Bertz CT molecular complexity index is 667. The molecule has 7 aliphatic rings. The normalized spacial score (nSPS) is 54.7. The van der Waals surface area contributed by atoms with Crippen LogP contribution >= 0.6 is 0 Å². The molecule has 6 aliphatic heterocycles. The fourth-order valence-corrected chi connectivity index (χ4v) is 5.85. The van der Waals surface area contributed by atoms with Gasteiger partial charge in [0.1, 0.15) is 12.8 Å². The third kappa shape index (κ3) is 2.28. The molecule has 1 aliphatic carbocycles. The molecular weight excluding hydrogens is 358 g/mol. The molecule has 1 saturated carbocycles. The van der Waals surface area contributed by atoms with E-state index in [-0.39, 0.29) is 54.9 Å². The van der Waals surface area contributed by atoms with Crippen LogP contribution in [0.3, 0.4) is 0 Å². The number of likely N-dealkylation sites (tertiary alicyclic amines) is 1. The maximum atomic E-state index is 12.8. The second kappa shape index (κ2) is 5.40. The number of aliphatic hydroxyl groups excluding tert-OH is 1. The highest BCUT2D eigenvalue weighted by molar-refractivity contribution is 5.88. The molecule has 0 aromatic carbocycles. The second-order valence-electron chi connectivity index (χ2n) is 8.55. The van der Waals surface area contributed by atoms with E-state index in [4.69, 9.17) is 24.7 Å². The third-order valence-electron chi connectivity index (χ3n) is 6.83. The number of ether oxygens (including phenoxy) is 4. The smallest absolute Gasteiger partial charge is 0.373 e. The molecule has 0 aromatic rings. The molecule has 7 fully saturated rings. The Morgan fingerprint density at radius 2 is 1.81 bits per heavy atom. The van der Waals surface area contributed by atoms with E-state index in [2.05, 4.69) is 5.32 Å². The van der Waals surface area contributed by atoms with Crippen molar-refractivity contribution in [2.45, 2.75) is 74.6 Å². The quantitative estimate of drug-likeness (QED) is 0.510. The molecule has 6 atom stereocenters. The van der Waals surface area contributed by atoms with Crippen molar-refractivity contribution >= 4 is 11.8 Å². The fraction of sp³-hybridized carbons (Fsp3) is 0.882. The van der Waals surface area contributed by atoms with Gasteiger partial charge in [0, 0.05) is 31.2 Å². The molecule has 0 radical (unpaired) electrons. The Balaban J connectivity index is 1.16. The largest absolute Gasteiger partial charge is 0.377 e. The number of carbonyl (C=O) groups excluding carboxylic acids is 2. The van der Waals surface area contributed by atoms with E-state index in [0.717, 1.165) is 19.3 Å². The van der Waals surface area contributed by atoms with Gasteiger partial charge in [-0.3, -0.25) is 14.9 Å². The first kappa shape index (κ1) is 16.6. The number of nitrogens with zero attached hydrogens (tertiary/aromatic N) is 1. The SMILES string of the molecule is NC1CC2OC1C1C2C(=O)N(CC(=O)NC23OC4CC(CC(C4)O2)O3)C1O. The molecule has 2 amide bonds. The molecule has 27 heavy (non-hydrogen) atoms. The van der Waals surface area contributed by atoms with E-state index in [1.165, 1.54) is 4.90 Å². The number of rotatable bonds is 3. The van der Waals surface area contributed by atoms with Gasteiger partial charge in [0.2, 0.25) is 11.8 Å². The number of hydrogen-bond donors (Lipinski definition) is 3. The van der Waals surface area contributed by atoms with E-state index in [0.29, 0.717) is 6.42 Å². The zero-order valence-electron chi connectivity index (χ0n) is 14.7. The van der Waals surface area contributed by atoms with E-state index in [1.54, 1.807) is 0 Å². The van der Waals surface area contributed by atoms with Crippen molar-refractivity contribution in [2.24, 2.45) is 17.6 Å². The summed E-state index contributed by atoms with van der Waals surface area (Å²) >= 11 is 0. The Morgan fingerprint density at radius 1 is 1.19 bits per heavy atom. The lowest BCUT2D eigenvalue weighted by Gasteiger charge is -2.54. The average Bonchev–Trinajstić information content (AvgIpc) is 3.20. The van der Waals surface area contributed by atoms with Gasteiger partial charge in [0.05, 0.1) is 36.4 Å². The Morgan fingerprint density at radius 3 is 2.44 bits per heavy atom. The van der Waals surface area contributed by atoms with Crippen molar-refractivity contribution < 1.29 is 33.6 Å². The van der Waals surface area contributed by atoms with Crippen LogP contribution in [0, 0.1) is 11.8 Å². The minimum Gasteiger partial charge on any atom is -0.373 e. The van der Waals surface area contributed by atoms with Gasteiger partial charge in [0.25, 0.3) is 0 Å². The summed E-state index contributed by atoms with van der Waals surface area (Å²) in [6.07, 6.45) is -0.263. The van der Waals surface area contributed by atoms with Gasteiger partial charge in [0.15, 0.2) is 0 Å². The number of fused-ring (bicyclic) bond motifs is 5. The van der Waals surface area contributed by atoms with E-state index in [9.17, 15) is 14.7 Å². The van der Waals surface area contributed by atoms with Crippen molar-refractivity contribution in [2.75, 3.05) is 6.54 Å². The van der Waals surface area contributed by atoms with Gasteiger partial charge in [-0.25, -0.2) is 0 Å². The van der Waals surface area contributed by atoms with Crippen molar-refractivity contribution in [3.63, 3.8) is 0 Å². The summed E-state index contributed by atoms with van der Waals surface area (Å²) in [5, 5.41) is 13.3. The van der Waals surface area contributed by atoms with Gasteiger partial charge in [-0.2, -0.15) is 0 Å². The molecule has 7 rings (SSSR count). The van der Waals surface area contributed by atoms with Crippen LogP contribution < -0.4 is 11.1 Å². The van der Waals surface area contributed by atoms with Crippen LogP contribution in [0.4, 0.5) is 0 Å². The van der Waals surface area contributed by atoms with Crippen LogP contribution in [0.5, 0.6) is 0 Å². The van der Waals surface area contributed by atoms with Crippen LogP contribution in [0.2, 0.25) is 0 Å². The highest BCUT2D eigenvalue weighted by atomic mass is 16.9. The first-order valence-corrected chi connectivity index (χ1v) is 9.66. The second-order valence-corrected chi connectivity index (χ2v) is 8.55. The molecule has 6 saturated heterocycles. The number of hydrogen-bond acceptors (Lipinski definition) is 8. The van der Waals surface area contributed by atoms with Crippen molar-refractivity contribution in [3.05, 3.63) is 0 Å². The number of nitrogens with two attached hydrogens (primary N) is 1. The van der Waals surface area contributed by atoms with Crippen LogP contribution in [0.15, 0.2) is 0 Å². The zero-order chi connectivity index (χ0) is 18.5. The van der Waals surface area contributed by atoms with Gasteiger partial charge >= 0.3 is 6.10 Å². The lowest BCUT2D eigenvalue weighted by atomic mass is 9.78.